The summed E-state index contributed by atoms with van der Waals surface area (Å²) in [5.41, 5.74) is 0.729. The summed E-state index contributed by atoms with van der Waals surface area (Å²) in [5, 5.41) is 0. The number of sulfone groups is 1. The highest BCUT2D eigenvalue weighted by molar-refractivity contribution is 7.91. The van der Waals surface area contributed by atoms with Crippen LogP contribution < -0.4 is 9.64 Å². The maximum atomic E-state index is 12.7. The molecule has 0 bridgehead atoms. The van der Waals surface area contributed by atoms with Gasteiger partial charge in [0.25, 0.3) is 0 Å². The molecule has 2 aliphatic heterocycles. The molecule has 0 N–H and O–H groups in total. The van der Waals surface area contributed by atoms with Gasteiger partial charge in [-0.15, -0.1) is 0 Å². The van der Waals surface area contributed by atoms with Crippen molar-refractivity contribution in [3.63, 3.8) is 0 Å². The molecule has 0 radical (unpaired) electrons. The number of hydrogen-bond acceptors (Lipinski definition) is 5. The molecular formula is C17H22N2O5S. The van der Waals surface area contributed by atoms with Gasteiger partial charge in [-0.3, -0.25) is 9.59 Å². The molecule has 2 fully saturated rings. The van der Waals surface area contributed by atoms with E-state index in [1.807, 2.05) is 0 Å². The summed E-state index contributed by atoms with van der Waals surface area (Å²) in [6.45, 7) is 0.313. The summed E-state index contributed by atoms with van der Waals surface area (Å²) in [5.74, 6) is 0.130. The van der Waals surface area contributed by atoms with Gasteiger partial charge < -0.3 is 14.5 Å². The van der Waals surface area contributed by atoms with Gasteiger partial charge in [0.15, 0.2) is 9.84 Å². The third-order valence-electron chi connectivity index (χ3n) is 4.96. The number of carbonyl (C=O) groups is 2. The topological polar surface area (TPSA) is 84.0 Å². The average molecular weight is 366 g/mol. The Morgan fingerprint density at radius 2 is 1.96 bits per heavy atom. The quantitative estimate of drug-likeness (QED) is 0.783. The van der Waals surface area contributed by atoms with Gasteiger partial charge in [-0.1, -0.05) is 0 Å². The number of carbonyl (C=O) groups excluding carboxylic acids is 2. The molecule has 2 saturated heterocycles. The van der Waals surface area contributed by atoms with Crippen molar-refractivity contribution in [2.75, 3.05) is 37.1 Å². The monoisotopic (exact) mass is 366 g/mol. The summed E-state index contributed by atoms with van der Waals surface area (Å²) in [4.78, 5) is 28.1. The first kappa shape index (κ1) is 17.7. The Kier molecular flexibility index (Phi) is 4.73. The highest BCUT2D eigenvalue weighted by atomic mass is 32.2. The molecule has 2 heterocycles. The van der Waals surface area contributed by atoms with Gasteiger partial charge in [-0.2, -0.15) is 0 Å². The molecule has 3 rings (SSSR count). The van der Waals surface area contributed by atoms with Crippen LogP contribution in [0.5, 0.6) is 5.75 Å². The number of methoxy groups -OCH3 is 1. The second-order valence-corrected chi connectivity index (χ2v) is 8.84. The number of amides is 2. The second-order valence-electron chi connectivity index (χ2n) is 6.61. The SMILES string of the molecule is COc1ccc(N2CC(C(=O)N(C)C3CCS(=O)(=O)C3)CC2=O)cc1. The molecule has 0 aromatic heterocycles. The van der Waals surface area contributed by atoms with E-state index >= 15 is 0 Å². The van der Waals surface area contributed by atoms with E-state index in [0.717, 1.165) is 5.69 Å². The first-order chi connectivity index (χ1) is 11.8. The normalized spacial score (nSPS) is 25.2. The van der Waals surface area contributed by atoms with Gasteiger partial charge in [0, 0.05) is 31.7 Å². The minimum Gasteiger partial charge on any atom is -0.497 e. The Balaban J connectivity index is 1.68. The summed E-state index contributed by atoms with van der Waals surface area (Å²) in [7, 11) is 0.155. The van der Waals surface area contributed by atoms with Gasteiger partial charge in [0.1, 0.15) is 5.75 Å². The van der Waals surface area contributed by atoms with Gasteiger partial charge in [0.2, 0.25) is 11.8 Å². The summed E-state index contributed by atoms with van der Waals surface area (Å²) in [6, 6.07) is 6.83. The van der Waals surface area contributed by atoms with E-state index in [0.29, 0.717) is 18.7 Å². The van der Waals surface area contributed by atoms with Crippen molar-refractivity contribution in [1.29, 1.82) is 0 Å². The van der Waals surface area contributed by atoms with E-state index in [2.05, 4.69) is 0 Å². The van der Waals surface area contributed by atoms with Crippen LogP contribution in [-0.2, 0) is 19.4 Å². The zero-order chi connectivity index (χ0) is 18.2. The standard InChI is InChI=1S/C17H22N2O5S/c1-18(14-7-8-25(22,23)11-14)17(21)12-9-16(20)19(10-12)13-3-5-15(24-2)6-4-13/h3-6,12,14H,7-11H2,1-2H3. The zero-order valence-electron chi connectivity index (χ0n) is 14.3. The minimum atomic E-state index is -3.05. The fourth-order valence-electron chi connectivity index (χ4n) is 3.43. The van der Waals surface area contributed by atoms with Gasteiger partial charge in [0.05, 0.1) is 24.5 Å². The second kappa shape index (κ2) is 6.67. The molecule has 25 heavy (non-hydrogen) atoms. The smallest absolute Gasteiger partial charge is 0.228 e. The highest BCUT2D eigenvalue weighted by Gasteiger charge is 2.40. The molecule has 0 spiro atoms. The molecule has 1 aromatic carbocycles. The van der Waals surface area contributed by atoms with Crippen molar-refractivity contribution in [2.24, 2.45) is 5.92 Å². The van der Waals surface area contributed by atoms with Crippen LogP contribution in [0.3, 0.4) is 0 Å². The van der Waals surface area contributed by atoms with Crippen molar-refractivity contribution in [2.45, 2.75) is 18.9 Å². The first-order valence-corrected chi connectivity index (χ1v) is 10.0. The Bertz CT molecular complexity index is 775. The third-order valence-corrected chi connectivity index (χ3v) is 6.71. The molecule has 0 aliphatic carbocycles. The Morgan fingerprint density at radius 1 is 1.28 bits per heavy atom. The maximum Gasteiger partial charge on any atom is 0.228 e. The lowest BCUT2D eigenvalue weighted by Gasteiger charge is -2.26. The van der Waals surface area contributed by atoms with Crippen molar-refractivity contribution in [1.82, 2.24) is 4.90 Å². The minimum absolute atomic E-state index is 0.0120. The van der Waals surface area contributed by atoms with Crippen LogP contribution in [0, 0.1) is 5.92 Å². The van der Waals surface area contributed by atoms with Gasteiger partial charge in [-0.05, 0) is 30.7 Å². The number of anilines is 1. The fourth-order valence-corrected chi connectivity index (χ4v) is 5.21. The lowest BCUT2D eigenvalue weighted by molar-refractivity contribution is -0.136. The van der Waals surface area contributed by atoms with E-state index < -0.39 is 15.8 Å². The van der Waals surface area contributed by atoms with Crippen LogP contribution in [0.4, 0.5) is 5.69 Å². The highest BCUT2D eigenvalue weighted by Crippen LogP contribution is 2.29. The zero-order valence-corrected chi connectivity index (χ0v) is 15.2. The first-order valence-electron chi connectivity index (χ1n) is 8.22. The summed E-state index contributed by atoms with van der Waals surface area (Å²) in [6.07, 6.45) is 0.613. The van der Waals surface area contributed by atoms with Crippen LogP contribution in [0.1, 0.15) is 12.8 Å². The number of benzene rings is 1. The molecule has 2 amide bonds. The molecular weight excluding hydrogens is 344 g/mol. The van der Waals surface area contributed by atoms with Gasteiger partial charge >= 0.3 is 0 Å². The fraction of sp³-hybridized carbons (Fsp3) is 0.529. The third kappa shape index (κ3) is 3.63. The number of nitrogens with zero attached hydrogens (tertiary/aromatic N) is 2. The van der Waals surface area contributed by atoms with Crippen LogP contribution >= 0.6 is 0 Å². The molecule has 2 aliphatic rings. The molecule has 136 valence electrons. The number of rotatable bonds is 4. The number of ether oxygens (including phenoxy) is 1. The molecule has 8 heteroatoms. The molecule has 2 atom stereocenters. The van der Waals surface area contributed by atoms with E-state index in [4.69, 9.17) is 4.74 Å². The average Bonchev–Trinajstić information content (AvgIpc) is 3.16. The summed E-state index contributed by atoms with van der Waals surface area (Å²) < 4.78 is 28.4. The van der Waals surface area contributed by atoms with Crippen molar-refractivity contribution < 1.29 is 22.7 Å². The lowest BCUT2D eigenvalue weighted by Crippen LogP contribution is -2.42. The molecule has 0 saturated carbocycles. The number of hydrogen-bond donors (Lipinski definition) is 0. The Morgan fingerprint density at radius 3 is 2.52 bits per heavy atom. The van der Waals surface area contributed by atoms with Crippen LogP contribution in [-0.4, -0.2) is 63.4 Å². The predicted octanol–water partition coefficient (Wildman–Crippen LogP) is 0.694. The van der Waals surface area contributed by atoms with Crippen molar-refractivity contribution in [3.05, 3.63) is 24.3 Å². The van der Waals surface area contributed by atoms with Crippen LogP contribution in [0.15, 0.2) is 24.3 Å². The predicted molar refractivity (Wildman–Crippen MR) is 93.3 cm³/mol. The lowest BCUT2D eigenvalue weighted by atomic mass is 10.1. The molecule has 7 nitrogen and oxygen atoms in total. The van der Waals surface area contributed by atoms with E-state index in [9.17, 15) is 18.0 Å². The van der Waals surface area contributed by atoms with Crippen molar-refractivity contribution >= 4 is 27.3 Å². The van der Waals surface area contributed by atoms with E-state index in [1.54, 1.807) is 43.3 Å². The largest absolute Gasteiger partial charge is 0.497 e. The molecule has 2 unspecified atom stereocenters. The van der Waals surface area contributed by atoms with E-state index in [-0.39, 0.29) is 35.8 Å². The molecule has 1 aromatic rings. The van der Waals surface area contributed by atoms with Crippen LogP contribution in [0.25, 0.3) is 0 Å². The van der Waals surface area contributed by atoms with Crippen LogP contribution in [0.2, 0.25) is 0 Å². The Hall–Kier alpha value is -2.09. The van der Waals surface area contributed by atoms with Gasteiger partial charge in [-0.25, -0.2) is 8.42 Å². The van der Waals surface area contributed by atoms with Crippen molar-refractivity contribution in [3.8, 4) is 5.75 Å². The van der Waals surface area contributed by atoms with E-state index in [1.165, 1.54) is 4.90 Å². The summed E-state index contributed by atoms with van der Waals surface area (Å²) >= 11 is 0. The maximum absolute atomic E-state index is 12.7. The Labute approximate surface area is 147 Å².